The molecule has 1 amide bonds. The Labute approximate surface area is 181 Å². The summed E-state index contributed by atoms with van der Waals surface area (Å²) in [6.07, 6.45) is 4.93. The minimum absolute atomic E-state index is 0.0385. The van der Waals surface area contributed by atoms with Gasteiger partial charge in [0.2, 0.25) is 15.9 Å². The number of carbonyl (C=O) groups excluding carboxylic acids is 1. The van der Waals surface area contributed by atoms with Gasteiger partial charge in [0.1, 0.15) is 5.82 Å². The van der Waals surface area contributed by atoms with Gasteiger partial charge in [0.15, 0.2) is 0 Å². The second-order valence-corrected chi connectivity index (χ2v) is 10.3. The molecule has 30 heavy (non-hydrogen) atoms. The number of anilines is 1. The van der Waals surface area contributed by atoms with Crippen molar-refractivity contribution in [1.29, 1.82) is 0 Å². The van der Waals surface area contributed by atoms with Gasteiger partial charge in [0, 0.05) is 24.0 Å². The average Bonchev–Trinajstić information content (AvgIpc) is 2.76. The van der Waals surface area contributed by atoms with Gasteiger partial charge < -0.3 is 5.32 Å². The molecule has 0 saturated carbocycles. The molecule has 2 aromatic rings. The second-order valence-electron chi connectivity index (χ2n) is 7.93. The predicted octanol–water partition coefficient (Wildman–Crippen LogP) is 4.40. The first-order valence-corrected chi connectivity index (χ1v) is 12.0. The summed E-state index contributed by atoms with van der Waals surface area (Å²) in [6.45, 7) is 0.519. The SMILES string of the molecule is O=C(Nc1cc(Cl)ccc1F)C1CCN(S(=O)(=O)c2ccc3c(c2)CCCC3)CC1. The van der Waals surface area contributed by atoms with Crippen LogP contribution >= 0.6 is 11.6 Å². The van der Waals surface area contributed by atoms with Gasteiger partial charge in [-0.3, -0.25) is 4.79 Å². The Kier molecular flexibility index (Phi) is 6.14. The highest BCUT2D eigenvalue weighted by Gasteiger charge is 2.32. The predicted molar refractivity (Wildman–Crippen MR) is 115 cm³/mol. The number of nitrogens with zero attached hydrogens (tertiary/aromatic N) is 1. The van der Waals surface area contributed by atoms with Crippen LogP contribution in [-0.4, -0.2) is 31.7 Å². The van der Waals surface area contributed by atoms with Crippen molar-refractivity contribution in [2.45, 2.75) is 43.4 Å². The molecular weight excluding hydrogens is 427 g/mol. The molecule has 2 aliphatic rings. The molecule has 1 saturated heterocycles. The summed E-state index contributed by atoms with van der Waals surface area (Å²) < 4.78 is 41.5. The first-order chi connectivity index (χ1) is 14.3. The van der Waals surface area contributed by atoms with Crippen LogP contribution in [0.5, 0.6) is 0 Å². The van der Waals surface area contributed by atoms with E-state index in [4.69, 9.17) is 11.6 Å². The normalized spacial score (nSPS) is 18.1. The van der Waals surface area contributed by atoms with Gasteiger partial charge in [0.25, 0.3) is 0 Å². The molecular formula is C22H24ClFN2O3S. The van der Waals surface area contributed by atoms with Crippen LogP contribution < -0.4 is 5.32 Å². The number of hydrogen-bond acceptors (Lipinski definition) is 3. The number of aryl methyl sites for hydroxylation is 2. The monoisotopic (exact) mass is 450 g/mol. The average molecular weight is 451 g/mol. The number of fused-ring (bicyclic) bond motifs is 1. The number of hydrogen-bond donors (Lipinski definition) is 1. The third-order valence-electron chi connectivity index (χ3n) is 5.97. The Morgan fingerprint density at radius 2 is 1.73 bits per heavy atom. The molecule has 0 unspecified atom stereocenters. The highest BCUT2D eigenvalue weighted by atomic mass is 35.5. The largest absolute Gasteiger partial charge is 0.323 e. The van der Waals surface area contributed by atoms with Gasteiger partial charge in [-0.2, -0.15) is 4.31 Å². The summed E-state index contributed by atoms with van der Waals surface area (Å²) in [7, 11) is -3.59. The summed E-state index contributed by atoms with van der Waals surface area (Å²) in [5.41, 5.74) is 2.40. The maximum Gasteiger partial charge on any atom is 0.243 e. The van der Waals surface area contributed by atoms with Gasteiger partial charge in [-0.1, -0.05) is 17.7 Å². The number of sulfonamides is 1. The Balaban J connectivity index is 1.41. The van der Waals surface area contributed by atoms with Crippen molar-refractivity contribution in [3.8, 4) is 0 Å². The van der Waals surface area contributed by atoms with E-state index in [1.54, 1.807) is 6.07 Å². The second kappa shape index (κ2) is 8.65. The first-order valence-electron chi connectivity index (χ1n) is 10.2. The molecule has 4 rings (SSSR count). The highest BCUT2D eigenvalue weighted by molar-refractivity contribution is 7.89. The minimum atomic E-state index is -3.59. The van der Waals surface area contributed by atoms with E-state index in [0.717, 1.165) is 31.2 Å². The molecule has 0 atom stereocenters. The molecule has 1 fully saturated rings. The highest BCUT2D eigenvalue weighted by Crippen LogP contribution is 2.29. The number of amides is 1. The minimum Gasteiger partial charge on any atom is -0.323 e. The molecule has 0 radical (unpaired) electrons. The van der Waals surface area contributed by atoms with Crippen molar-refractivity contribution < 1.29 is 17.6 Å². The zero-order valence-corrected chi connectivity index (χ0v) is 18.1. The topological polar surface area (TPSA) is 66.5 Å². The van der Waals surface area contributed by atoms with Crippen LogP contribution in [0.2, 0.25) is 5.02 Å². The zero-order chi connectivity index (χ0) is 21.3. The number of piperidine rings is 1. The van der Waals surface area contributed by atoms with Crippen LogP contribution in [0.25, 0.3) is 0 Å². The van der Waals surface area contributed by atoms with Gasteiger partial charge in [-0.15, -0.1) is 0 Å². The number of benzene rings is 2. The lowest BCUT2D eigenvalue weighted by Crippen LogP contribution is -2.41. The van der Waals surface area contributed by atoms with Crippen molar-refractivity contribution in [2.24, 2.45) is 5.92 Å². The lowest BCUT2D eigenvalue weighted by atomic mass is 9.92. The van der Waals surface area contributed by atoms with E-state index in [1.165, 1.54) is 28.1 Å². The van der Waals surface area contributed by atoms with Crippen molar-refractivity contribution in [1.82, 2.24) is 4.31 Å². The molecule has 1 heterocycles. The molecule has 8 heteroatoms. The van der Waals surface area contributed by atoms with E-state index >= 15 is 0 Å². The summed E-state index contributed by atoms with van der Waals surface area (Å²) >= 11 is 5.87. The van der Waals surface area contributed by atoms with Gasteiger partial charge in [-0.05, 0) is 80.0 Å². The van der Waals surface area contributed by atoms with Gasteiger partial charge in [0.05, 0.1) is 10.6 Å². The number of halogens is 2. The number of carbonyl (C=O) groups is 1. The van der Waals surface area contributed by atoms with E-state index in [-0.39, 0.29) is 30.6 Å². The Hall–Kier alpha value is -1.96. The third-order valence-corrected chi connectivity index (χ3v) is 8.10. The summed E-state index contributed by atoms with van der Waals surface area (Å²) in [5, 5.41) is 2.90. The quantitative estimate of drug-likeness (QED) is 0.750. The van der Waals surface area contributed by atoms with E-state index in [9.17, 15) is 17.6 Å². The lowest BCUT2D eigenvalue weighted by Gasteiger charge is -2.31. The first kappa shape index (κ1) is 21.3. The van der Waals surface area contributed by atoms with E-state index in [0.29, 0.717) is 22.8 Å². The molecule has 5 nitrogen and oxygen atoms in total. The molecule has 1 aliphatic carbocycles. The smallest absolute Gasteiger partial charge is 0.243 e. The van der Waals surface area contributed by atoms with Crippen LogP contribution in [0, 0.1) is 11.7 Å². The number of rotatable bonds is 4. The molecule has 0 spiro atoms. The zero-order valence-electron chi connectivity index (χ0n) is 16.5. The fourth-order valence-electron chi connectivity index (χ4n) is 4.21. The Morgan fingerprint density at radius 1 is 1.03 bits per heavy atom. The number of nitrogens with one attached hydrogen (secondary N) is 1. The summed E-state index contributed by atoms with van der Waals surface area (Å²) in [5.74, 6) is -1.25. The molecule has 2 aromatic carbocycles. The van der Waals surface area contributed by atoms with Crippen molar-refractivity contribution in [2.75, 3.05) is 18.4 Å². The lowest BCUT2D eigenvalue weighted by molar-refractivity contribution is -0.120. The fourth-order valence-corrected chi connectivity index (χ4v) is 5.90. The standard InChI is InChI=1S/C22H24ClFN2O3S/c23-18-6-8-20(24)21(14-18)25-22(27)16-9-11-26(12-10-16)30(28,29)19-7-5-15-3-1-2-4-17(15)13-19/h5-8,13-14,16H,1-4,9-12H2,(H,25,27). The molecule has 1 aliphatic heterocycles. The molecule has 0 aromatic heterocycles. The Bertz CT molecular complexity index is 1070. The van der Waals surface area contributed by atoms with Crippen LogP contribution in [0.3, 0.4) is 0 Å². The summed E-state index contributed by atoms with van der Waals surface area (Å²) in [4.78, 5) is 12.9. The fraction of sp³-hybridized carbons (Fsp3) is 0.409. The molecule has 160 valence electrons. The van der Waals surface area contributed by atoms with Gasteiger partial charge >= 0.3 is 0 Å². The third kappa shape index (κ3) is 4.38. The van der Waals surface area contributed by atoms with E-state index in [2.05, 4.69) is 5.32 Å². The van der Waals surface area contributed by atoms with Crippen LogP contribution in [0.15, 0.2) is 41.3 Å². The Morgan fingerprint density at radius 3 is 2.47 bits per heavy atom. The maximum atomic E-state index is 13.9. The molecule has 0 bridgehead atoms. The van der Waals surface area contributed by atoms with Crippen molar-refractivity contribution in [3.05, 3.63) is 58.4 Å². The van der Waals surface area contributed by atoms with Crippen LogP contribution in [0.1, 0.15) is 36.8 Å². The van der Waals surface area contributed by atoms with Gasteiger partial charge in [-0.25, -0.2) is 12.8 Å². The molecule has 1 N–H and O–H groups in total. The summed E-state index contributed by atoms with van der Waals surface area (Å²) in [6, 6.07) is 9.42. The van der Waals surface area contributed by atoms with E-state index < -0.39 is 15.8 Å². The maximum absolute atomic E-state index is 13.9. The van der Waals surface area contributed by atoms with Crippen molar-refractivity contribution >= 4 is 33.2 Å². The van der Waals surface area contributed by atoms with E-state index in [1.807, 2.05) is 12.1 Å². The van der Waals surface area contributed by atoms with Crippen LogP contribution in [0.4, 0.5) is 10.1 Å². The van der Waals surface area contributed by atoms with Crippen LogP contribution in [-0.2, 0) is 27.7 Å². The van der Waals surface area contributed by atoms with Crippen molar-refractivity contribution in [3.63, 3.8) is 0 Å².